The third-order valence-electron chi connectivity index (χ3n) is 3.41. The number of nitrogens with zero attached hydrogens (tertiary/aromatic N) is 1. The molecule has 0 aliphatic rings. The Labute approximate surface area is 134 Å². The first kappa shape index (κ1) is 14.7. The first-order chi connectivity index (χ1) is 10.7. The molecule has 0 aliphatic heterocycles. The molecule has 4 heteroatoms. The van der Waals surface area contributed by atoms with Crippen LogP contribution < -0.4 is 4.74 Å². The second kappa shape index (κ2) is 6.28. The summed E-state index contributed by atoms with van der Waals surface area (Å²) in [5, 5.41) is 4.15. The molecule has 0 bridgehead atoms. The Balaban J connectivity index is 1.94. The zero-order valence-corrected chi connectivity index (χ0v) is 13.6. The first-order valence-electron chi connectivity index (χ1n) is 7.02. The normalized spacial score (nSPS) is 10.7. The second-order valence-corrected chi connectivity index (χ2v) is 5.94. The monoisotopic (exact) mass is 311 g/mol. The molecule has 0 saturated heterocycles. The molecule has 0 amide bonds. The standard InChI is InChI=1S/C18H17NO2S/c1-12-4-8-15(9-5-12)20-18-13(2)21-19-17(18)14-6-10-16(22-3)11-7-14/h4-11H,1-3H3. The summed E-state index contributed by atoms with van der Waals surface area (Å²) in [6, 6.07) is 16.1. The number of ether oxygens (including phenoxy) is 1. The minimum absolute atomic E-state index is 0.667. The summed E-state index contributed by atoms with van der Waals surface area (Å²) >= 11 is 1.71. The highest BCUT2D eigenvalue weighted by Gasteiger charge is 2.17. The predicted octanol–water partition coefficient (Wildman–Crippen LogP) is 5.47. The Morgan fingerprint density at radius 3 is 2.27 bits per heavy atom. The topological polar surface area (TPSA) is 35.3 Å². The Morgan fingerprint density at radius 2 is 1.64 bits per heavy atom. The fourth-order valence-corrected chi connectivity index (χ4v) is 2.55. The van der Waals surface area contributed by atoms with Crippen LogP contribution in [0.15, 0.2) is 57.9 Å². The highest BCUT2D eigenvalue weighted by molar-refractivity contribution is 7.98. The summed E-state index contributed by atoms with van der Waals surface area (Å²) in [4.78, 5) is 1.21. The van der Waals surface area contributed by atoms with Crippen LogP contribution in [0.5, 0.6) is 11.5 Å². The van der Waals surface area contributed by atoms with Crippen molar-refractivity contribution in [3.05, 3.63) is 59.9 Å². The summed E-state index contributed by atoms with van der Waals surface area (Å²) in [7, 11) is 0. The van der Waals surface area contributed by atoms with Gasteiger partial charge in [0, 0.05) is 17.4 Å². The van der Waals surface area contributed by atoms with Crippen molar-refractivity contribution < 1.29 is 9.26 Å². The van der Waals surface area contributed by atoms with Gasteiger partial charge < -0.3 is 9.26 Å². The van der Waals surface area contributed by atoms with Gasteiger partial charge in [0.1, 0.15) is 5.75 Å². The van der Waals surface area contributed by atoms with Crippen LogP contribution in [-0.4, -0.2) is 11.4 Å². The highest BCUT2D eigenvalue weighted by atomic mass is 32.2. The number of rotatable bonds is 4. The van der Waals surface area contributed by atoms with E-state index in [-0.39, 0.29) is 0 Å². The molecule has 3 rings (SSSR count). The number of thioether (sulfide) groups is 1. The Morgan fingerprint density at radius 1 is 0.955 bits per heavy atom. The third-order valence-corrected chi connectivity index (χ3v) is 4.16. The zero-order chi connectivity index (χ0) is 15.5. The van der Waals surface area contributed by atoms with Gasteiger partial charge in [0.05, 0.1) is 0 Å². The van der Waals surface area contributed by atoms with E-state index in [1.165, 1.54) is 10.5 Å². The fraction of sp³-hybridized carbons (Fsp3) is 0.167. The maximum absolute atomic E-state index is 5.98. The molecule has 0 fully saturated rings. The number of benzene rings is 2. The molecule has 0 radical (unpaired) electrons. The van der Waals surface area contributed by atoms with Gasteiger partial charge in [-0.2, -0.15) is 0 Å². The maximum atomic E-state index is 5.98. The highest BCUT2D eigenvalue weighted by Crippen LogP contribution is 2.36. The molecule has 112 valence electrons. The van der Waals surface area contributed by atoms with Crippen LogP contribution in [0.25, 0.3) is 11.3 Å². The average Bonchev–Trinajstić information content (AvgIpc) is 2.91. The van der Waals surface area contributed by atoms with E-state index in [9.17, 15) is 0 Å². The number of hydrogen-bond donors (Lipinski definition) is 0. The van der Waals surface area contributed by atoms with Crippen molar-refractivity contribution in [1.29, 1.82) is 0 Å². The summed E-state index contributed by atoms with van der Waals surface area (Å²) in [5.74, 6) is 2.11. The fourth-order valence-electron chi connectivity index (χ4n) is 2.14. The molecule has 3 nitrogen and oxygen atoms in total. The van der Waals surface area contributed by atoms with Crippen molar-refractivity contribution in [2.45, 2.75) is 18.7 Å². The smallest absolute Gasteiger partial charge is 0.197 e. The van der Waals surface area contributed by atoms with Crippen LogP contribution in [0.3, 0.4) is 0 Å². The Hall–Kier alpha value is -2.20. The largest absolute Gasteiger partial charge is 0.451 e. The van der Waals surface area contributed by atoms with E-state index in [0.717, 1.165) is 17.0 Å². The predicted molar refractivity (Wildman–Crippen MR) is 89.7 cm³/mol. The number of aryl methyl sites for hydroxylation is 2. The third kappa shape index (κ3) is 3.02. The van der Waals surface area contributed by atoms with Gasteiger partial charge in [-0.15, -0.1) is 11.8 Å². The van der Waals surface area contributed by atoms with Gasteiger partial charge in [0.15, 0.2) is 17.2 Å². The molecule has 1 aromatic heterocycles. The van der Waals surface area contributed by atoms with Crippen LogP contribution in [0.1, 0.15) is 11.3 Å². The molecule has 0 aliphatic carbocycles. The molecular weight excluding hydrogens is 294 g/mol. The van der Waals surface area contributed by atoms with E-state index in [1.54, 1.807) is 11.8 Å². The Kier molecular flexibility index (Phi) is 4.20. The van der Waals surface area contributed by atoms with Gasteiger partial charge in [-0.3, -0.25) is 0 Å². The van der Waals surface area contributed by atoms with Crippen LogP contribution in [0.4, 0.5) is 0 Å². The molecule has 22 heavy (non-hydrogen) atoms. The minimum atomic E-state index is 0.667. The number of aromatic nitrogens is 1. The van der Waals surface area contributed by atoms with E-state index in [4.69, 9.17) is 9.26 Å². The lowest BCUT2D eigenvalue weighted by Crippen LogP contribution is -1.88. The molecule has 0 saturated carbocycles. The van der Waals surface area contributed by atoms with Crippen molar-refractivity contribution >= 4 is 11.8 Å². The average molecular weight is 311 g/mol. The molecule has 1 heterocycles. The molecular formula is C18H17NO2S. The summed E-state index contributed by atoms with van der Waals surface area (Å²) < 4.78 is 11.3. The van der Waals surface area contributed by atoms with Crippen LogP contribution in [0, 0.1) is 13.8 Å². The summed E-state index contributed by atoms with van der Waals surface area (Å²) in [6.45, 7) is 3.91. The summed E-state index contributed by atoms with van der Waals surface area (Å²) in [6.07, 6.45) is 2.06. The first-order valence-corrected chi connectivity index (χ1v) is 8.25. The van der Waals surface area contributed by atoms with Gasteiger partial charge in [-0.25, -0.2) is 0 Å². The lowest BCUT2D eigenvalue weighted by atomic mass is 10.1. The van der Waals surface area contributed by atoms with Crippen molar-refractivity contribution in [1.82, 2.24) is 5.16 Å². The van der Waals surface area contributed by atoms with Crippen LogP contribution in [0.2, 0.25) is 0 Å². The van der Waals surface area contributed by atoms with Crippen LogP contribution >= 0.6 is 11.8 Å². The van der Waals surface area contributed by atoms with Crippen molar-refractivity contribution in [2.24, 2.45) is 0 Å². The van der Waals surface area contributed by atoms with Gasteiger partial charge in [-0.05, 0) is 37.4 Å². The van der Waals surface area contributed by atoms with Gasteiger partial charge in [0.25, 0.3) is 0 Å². The Bertz CT molecular complexity index is 761. The molecule has 0 N–H and O–H groups in total. The SMILES string of the molecule is CSc1ccc(-c2noc(C)c2Oc2ccc(C)cc2)cc1. The minimum Gasteiger partial charge on any atom is -0.451 e. The van der Waals surface area contributed by atoms with Crippen molar-refractivity contribution in [3.8, 4) is 22.8 Å². The quantitative estimate of drug-likeness (QED) is 0.598. The maximum Gasteiger partial charge on any atom is 0.197 e. The van der Waals surface area contributed by atoms with E-state index in [0.29, 0.717) is 11.5 Å². The van der Waals surface area contributed by atoms with Gasteiger partial charge in [0.2, 0.25) is 0 Å². The molecule has 3 aromatic rings. The molecule has 0 unspecified atom stereocenters. The molecule has 2 aromatic carbocycles. The van der Waals surface area contributed by atoms with Crippen molar-refractivity contribution in [2.75, 3.05) is 6.26 Å². The number of hydrogen-bond acceptors (Lipinski definition) is 4. The molecule has 0 spiro atoms. The van der Waals surface area contributed by atoms with E-state index < -0.39 is 0 Å². The van der Waals surface area contributed by atoms with E-state index in [2.05, 4.69) is 23.5 Å². The molecule has 0 atom stereocenters. The second-order valence-electron chi connectivity index (χ2n) is 5.06. The van der Waals surface area contributed by atoms with E-state index in [1.807, 2.05) is 50.2 Å². The lowest BCUT2D eigenvalue weighted by Gasteiger charge is -2.07. The van der Waals surface area contributed by atoms with Crippen LogP contribution in [-0.2, 0) is 0 Å². The lowest BCUT2D eigenvalue weighted by molar-refractivity contribution is 0.387. The van der Waals surface area contributed by atoms with Crippen molar-refractivity contribution in [3.63, 3.8) is 0 Å². The van der Waals surface area contributed by atoms with E-state index >= 15 is 0 Å². The summed E-state index contributed by atoms with van der Waals surface area (Å²) in [5.41, 5.74) is 2.91. The van der Waals surface area contributed by atoms with Gasteiger partial charge >= 0.3 is 0 Å². The zero-order valence-electron chi connectivity index (χ0n) is 12.8. The van der Waals surface area contributed by atoms with Gasteiger partial charge in [-0.1, -0.05) is 35.0 Å².